The molecule has 2 N–H and O–H groups in total. The van der Waals surface area contributed by atoms with E-state index < -0.39 is 6.16 Å². The summed E-state index contributed by atoms with van der Waals surface area (Å²) in [5, 5.41) is 13.9. The molecule has 0 radical (unpaired) electrons. The van der Waals surface area contributed by atoms with E-state index in [2.05, 4.69) is 42.9 Å². The second kappa shape index (κ2) is 19.9. The predicted octanol–water partition coefficient (Wildman–Crippen LogP) is 5.39. The van der Waals surface area contributed by atoms with Crippen LogP contribution in [0.25, 0.3) is 0 Å². The minimum Gasteiger partial charge on any atom is -0.450 e. The zero-order valence-electron chi connectivity index (χ0n) is 17.8. The third kappa shape index (κ3) is 20.6. The fourth-order valence-corrected chi connectivity index (χ4v) is 3.00. The Hall–Kier alpha value is -1.46. The first-order valence-electron chi connectivity index (χ1n) is 10.1. The monoisotopic (exact) mass is 373 g/mol. The van der Waals surface area contributed by atoms with Gasteiger partial charge in [0.15, 0.2) is 5.96 Å². The molecule has 0 rings (SSSR count). The molecule has 0 bridgehead atoms. The molecule has 0 fully saturated rings. The van der Waals surface area contributed by atoms with Crippen LogP contribution in [-0.2, 0) is 0 Å². The van der Waals surface area contributed by atoms with Gasteiger partial charge in [0.05, 0.1) is 0 Å². The smallest absolute Gasteiger partial charge is 0.450 e. The van der Waals surface area contributed by atoms with Gasteiger partial charge in [-0.2, -0.15) is 0 Å². The van der Waals surface area contributed by atoms with Crippen molar-refractivity contribution in [2.75, 3.05) is 34.7 Å². The lowest BCUT2D eigenvalue weighted by Crippen LogP contribution is -2.38. The highest BCUT2D eigenvalue weighted by Crippen LogP contribution is 2.12. The molecule has 0 aromatic heterocycles. The number of carboxylic acid groups (broad SMARTS) is 2. The van der Waals surface area contributed by atoms with Gasteiger partial charge in [-0.25, -0.2) is 4.79 Å². The molecule has 0 amide bonds. The molecular weight excluding hydrogens is 330 g/mol. The lowest BCUT2D eigenvalue weighted by Gasteiger charge is -2.26. The van der Waals surface area contributed by atoms with Crippen molar-refractivity contribution in [3.8, 4) is 0 Å². The van der Waals surface area contributed by atoms with Crippen molar-refractivity contribution >= 4 is 12.1 Å². The van der Waals surface area contributed by atoms with Crippen LogP contribution in [0.1, 0.15) is 84.0 Å². The number of nitrogens with zero attached hydrogens (tertiary/aromatic N) is 3. The number of hydrogen-bond acceptors (Lipinski definition) is 2. The molecule has 0 aliphatic carbocycles. The molecule has 26 heavy (non-hydrogen) atoms. The lowest BCUT2D eigenvalue weighted by atomic mass is 10.1. The second-order valence-electron chi connectivity index (χ2n) is 7.01. The Morgan fingerprint density at radius 2 is 1.12 bits per heavy atom. The molecule has 6 heteroatoms. The van der Waals surface area contributed by atoms with Crippen molar-refractivity contribution in [1.82, 2.24) is 9.80 Å². The summed E-state index contributed by atoms with van der Waals surface area (Å²) in [5.74, 6) is 1.07. The topological polar surface area (TPSA) is 76.4 Å². The van der Waals surface area contributed by atoms with E-state index in [0.29, 0.717) is 0 Å². The summed E-state index contributed by atoms with van der Waals surface area (Å²) in [5.41, 5.74) is 0. The molecule has 156 valence electrons. The van der Waals surface area contributed by atoms with Crippen LogP contribution < -0.4 is 0 Å². The predicted molar refractivity (Wildman–Crippen MR) is 111 cm³/mol. The van der Waals surface area contributed by atoms with E-state index in [4.69, 9.17) is 15.0 Å². The van der Waals surface area contributed by atoms with Gasteiger partial charge in [-0.15, -0.1) is 0 Å². The third-order valence-corrected chi connectivity index (χ3v) is 4.29. The summed E-state index contributed by atoms with van der Waals surface area (Å²) in [6, 6.07) is 0. The molecule has 0 aliphatic rings. The largest absolute Gasteiger partial charge is 0.503 e. The molecule has 0 aliphatic heterocycles. The van der Waals surface area contributed by atoms with Crippen molar-refractivity contribution < 1.29 is 15.0 Å². The summed E-state index contributed by atoms with van der Waals surface area (Å²) in [6.45, 7) is 3.40. The van der Waals surface area contributed by atoms with Crippen molar-refractivity contribution in [3.63, 3.8) is 0 Å². The minimum atomic E-state index is -1.83. The van der Waals surface area contributed by atoms with Crippen molar-refractivity contribution in [2.24, 2.45) is 4.99 Å². The quantitative estimate of drug-likeness (QED) is 0.257. The van der Waals surface area contributed by atoms with E-state index >= 15 is 0 Å². The molecule has 0 atom stereocenters. The standard InChI is InChI=1S/C19H41N3.CH2O3/c1-6-7-8-9-10-11-12-13-14-15-16-17-18-22(5)19(20-2)21(3)4;2-1(3)4/h6-18H2,1-5H3;(H2,2,3,4). The Morgan fingerprint density at radius 1 is 0.769 bits per heavy atom. The summed E-state index contributed by atoms with van der Waals surface area (Å²) in [4.78, 5) is 17.2. The van der Waals surface area contributed by atoms with Crippen molar-refractivity contribution in [1.29, 1.82) is 0 Å². The Morgan fingerprint density at radius 3 is 1.42 bits per heavy atom. The second-order valence-corrected chi connectivity index (χ2v) is 7.01. The number of carbonyl (C=O) groups is 1. The van der Waals surface area contributed by atoms with Crippen LogP contribution >= 0.6 is 0 Å². The average molecular weight is 374 g/mol. The number of guanidine groups is 1. The highest BCUT2D eigenvalue weighted by atomic mass is 16.6. The highest BCUT2D eigenvalue weighted by Gasteiger charge is 2.06. The van der Waals surface area contributed by atoms with Gasteiger partial charge in [-0.3, -0.25) is 4.99 Å². The molecule has 0 saturated carbocycles. The van der Waals surface area contributed by atoms with E-state index in [1.807, 2.05) is 7.05 Å². The Balaban J connectivity index is 0. The Bertz CT molecular complexity index is 343. The van der Waals surface area contributed by atoms with Gasteiger partial charge < -0.3 is 20.0 Å². The highest BCUT2D eigenvalue weighted by molar-refractivity contribution is 5.79. The van der Waals surface area contributed by atoms with E-state index in [1.54, 1.807) is 0 Å². The number of rotatable bonds is 13. The fourth-order valence-electron chi connectivity index (χ4n) is 3.00. The van der Waals surface area contributed by atoms with E-state index in [0.717, 1.165) is 12.5 Å². The van der Waals surface area contributed by atoms with Crippen LogP contribution in [0.2, 0.25) is 0 Å². The first-order chi connectivity index (χ1) is 12.4. The maximum atomic E-state index is 8.56. The molecule has 0 aromatic carbocycles. The maximum Gasteiger partial charge on any atom is 0.503 e. The maximum absolute atomic E-state index is 8.56. The zero-order valence-corrected chi connectivity index (χ0v) is 17.8. The SMILES string of the molecule is CCCCCCCCCCCCCCN(C)C(=NC)N(C)C.O=C(O)O. The number of unbranched alkanes of at least 4 members (excludes halogenated alkanes) is 11. The van der Waals surface area contributed by atoms with E-state index in [1.165, 1.54) is 77.0 Å². The molecule has 0 unspecified atom stereocenters. The van der Waals surface area contributed by atoms with E-state index in [9.17, 15) is 0 Å². The molecule has 0 saturated heterocycles. The van der Waals surface area contributed by atoms with Gasteiger partial charge >= 0.3 is 6.16 Å². The summed E-state index contributed by atoms with van der Waals surface area (Å²) < 4.78 is 0. The van der Waals surface area contributed by atoms with Crippen LogP contribution in [-0.4, -0.2) is 66.9 Å². The summed E-state index contributed by atoms with van der Waals surface area (Å²) >= 11 is 0. The fraction of sp³-hybridized carbons (Fsp3) is 0.900. The van der Waals surface area contributed by atoms with Crippen LogP contribution in [0, 0.1) is 0 Å². The summed E-state index contributed by atoms with van der Waals surface area (Å²) in [6.07, 6.45) is 15.1. The first kappa shape index (κ1) is 26.8. The molecule has 0 aromatic rings. The van der Waals surface area contributed by atoms with Crippen LogP contribution in [0.15, 0.2) is 4.99 Å². The zero-order chi connectivity index (χ0) is 20.2. The molecular formula is C20H43N3O3. The molecule has 6 nitrogen and oxygen atoms in total. The molecule has 0 heterocycles. The summed E-state index contributed by atoms with van der Waals surface area (Å²) in [7, 11) is 8.12. The minimum absolute atomic E-state index is 1.07. The normalized spacial score (nSPS) is 10.9. The number of aliphatic imine (C=N–C) groups is 1. The van der Waals surface area contributed by atoms with Crippen LogP contribution in [0.3, 0.4) is 0 Å². The Labute approximate surface area is 161 Å². The van der Waals surface area contributed by atoms with Gasteiger partial charge in [0, 0.05) is 34.7 Å². The van der Waals surface area contributed by atoms with E-state index in [-0.39, 0.29) is 0 Å². The molecule has 0 spiro atoms. The average Bonchev–Trinajstić information content (AvgIpc) is 2.55. The van der Waals surface area contributed by atoms with Gasteiger partial charge in [0.25, 0.3) is 0 Å². The van der Waals surface area contributed by atoms with Crippen LogP contribution in [0.5, 0.6) is 0 Å². The van der Waals surface area contributed by atoms with Crippen molar-refractivity contribution in [2.45, 2.75) is 84.0 Å². The van der Waals surface area contributed by atoms with Gasteiger partial charge in [-0.1, -0.05) is 77.6 Å². The Kier molecular flexibility index (Phi) is 20.4. The van der Waals surface area contributed by atoms with Gasteiger partial charge in [0.1, 0.15) is 0 Å². The van der Waals surface area contributed by atoms with Gasteiger partial charge in [0.2, 0.25) is 0 Å². The van der Waals surface area contributed by atoms with Crippen LogP contribution in [0.4, 0.5) is 4.79 Å². The lowest BCUT2D eigenvalue weighted by molar-refractivity contribution is 0.137. The van der Waals surface area contributed by atoms with Gasteiger partial charge in [-0.05, 0) is 6.42 Å². The number of hydrogen-bond donors (Lipinski definition) is 2. The first-order valence-corrected chi connectivity index (χ1v) is 10.1. The van der Waals surface area contributed by atoms with Crippen molar-refractivity contribution in [3.05, 3.63) is 0 Å². The third-order valence-electron chi connectivity index (χ3n) is 4.29.